The molecule has 3 atom stereocenters. The quantitative estimate of drug-likeness (QED) is 0.817. The van der Waals surface area contributed by atoms with E-state index >= 15 is 0 Å². The molecule has 2 fully saturated rings. The first-order valence-electron chi connectivity index (χ1n) is 7.22. The van der Waals surface area contributed by atoms with Gasteiger partial charge in [-0.25, -0.2) is 0 Å². The zero-order valence-electron chi connectivity index (χ0n) is 11.3. The fourth-order valence-electron chi connectivity index (χ4n) is 3.03. The highest BCUT2D eigenvalue weighted by molar-refractivity contribution is 7.99. The van der Waals surface area contributed by atoms with Crippen molar-refractivity contribution < 1.29 is 4.74 Å². The summed E-state index contributed by atoms with van der Waals surface area (Å²) < 4.78 is 6.06. The maximum Gasteiger partial charge on any atom is 0.0795 e. The number of rotatable bonds is 5. The molecule has 17 heavy (non-hydrogen) atoms. The fourth-order valence-corrected chi connectivity index (χ4v) is 4.41. The summed E-state index contributed by atoms with van der Waals surface area (Å²) in [7, 11) is 0. The van der Waals surface area contributed by atoms with Gasteiger partial charge >= 0.3 is 0 Å². The Hall–Kier alpha value is 0.270. The van der Waals surface area contributed by atoms with Gasteiger partial charge in [-0.1, -0.05) is 19.8 Å². The van der Waals surface area contributed by atoms with Gasteiger partial charge < -0.3 is 10.1 Å². The Morgan fingerprint density at radius 1 is 1.53 bits per heavy atom. The summed E-state index contributed by atoms with van der Waals surface area (Å²) in [5.41, 5.74) is 0.227. The molecule has 3 unspecified atom stereocenters. The lowest BCUT2D eigenvalue weighted by Crippen LogP contribution is -2.49. The third kappa shape index (κ3) is 3.87. The predicted molar refractivity (Wildman–Crippen MR) is 75.8 cm³/mol. The van der Waals surface area contributed by atoms with Gasteiger partial charge in [0.2, 0.25) is 0 Å². The minimum absolute atomic E-state index is 0.227. The molecule has 0 aliphatic carbocycles. The molecule has 2 aliphatic rings. The van der Waals surface area contributed by atoms with Crippen LogP contribution in [0.2, 0.25) is 0 Å². The largest absolute Gasteiger partial charge is 0.374 e. The van der Waals surface area contributed by atoms with Gasteiger partial charge in [-0.15, -0.1) is 0 Å². The van der Waals surface area contributed by atoms with Gasteiger partial charge in [0.05, 0.1) is 5.60 Å². The zero-order chi connectivity index (χ0) is 12.1. The van der Waals surface area contributed by atoms with Crippen LogP contribution in [0.25, 0.3) is 0 Å². The molecule has 0 aromatic carbocycles. The number of ether oxygens (including phenoxy) is 1. The molecule has 100 valence electrons. The van der Waals surface area contributed by atoms with Gasteiger partial charge in [0, 0.05) is 24.4 Å². The zero-order valence-corrected chi connectivity index (χ0v) is 12.2. The van der Waals surface area contributed by atoms with E-state index in [1.54, 1.807) is 0 Å². The Bertz CT molecular complexity index is 228. The van der Waals surface area contributed by atoms with Gasteiger partial charge in [0.15, 0.2) is 0 Å². The number of hydrogen-bond donors (Lipinski definition) is 1. The van der Waals surface area contributed by atoms with E-state index in [1.165, 1.54) is 50.0 Å². The van der Waals surface area contributed by atoms with Crippen molar-refractivity contribution in [3.63, 3.8) is 0 Å². The summed E-state index contributed by atoms with van der Waals surface area (Å²) in [6, 6.07) is 1.36. The van der Waals surface area contributed by atoms with Crippen LogP contribution in [-0.4, -0.2) is 35.8 Å². The van der Waals surface area contributed by atoms with E-state index in [4.69, 9.17) is 4.74 Å². The van der Waals surface area contributed by atoms with Crippen molar-refractivity contribution in [2.24, 2.45) is 0 Å². The van der Waals surface area contributed by atoms with Crippen molar-refractivity contribution in [3.05, 3.63) is 0 Å². The first-order chi connectivity index (χ1) is 8.24. The molecule has 2 nitrogen and oxygen atoms in total. The summed E-state index contributed by atoms with van der Waals surface area (Å²) >= 11 is 2.06. The number of unbranched alkanes of at least 4 members (excludes halogenated alkanes) is 1. The van der Waals surface area contributed by atoms with E-state index in [-0.39, 0.29) is 5.60 Å². The molecule has 3 heteroatoms. The highest BCUT2D eigenvalue weighted by Gasteiger charge is 2.40. The monoisotopic (exact) mass is 257 g/mol. The minimum Gasteiger partial charge on any atom is -0.374 e. The Morgan fingerprint density at radius 3 is 3.12 bits per heavy atom. The Morgan fingerprint density at radius 2 is 2.41 bits per heavy atom. The molecule has 0 aromatic rings. The summed E-state index contributed by atoms with van der Waals surface area (Å²) in [6.45, 7) is 5.56. The van der Waals surface area contributed by atoms with E-state index in [2.05, 4.69) is 30.9 Å². The van der Waals surface area contributed by atoms with Gasteiger partial charge in [-0.05, 0) is 38.4 Å². The van der Waals surface area contributed by atoms with Crippen molar-refractivity contribution in [2.45, 2.75) is 70.1 Å². The Balaban J connectivity index is 1.77. The minimum atomic E-state index is 0.227. The van der Waals surface area contributed by atoms with Gasteiger partial charge in [-0.3, -0.25) is 0 Å². The summed E-state index contributed by atoms with van der Waals surface area (Å²) in [5, 5.41) is 3.82. The third-order valence-electron chi connectivity index (χ3n) is 4.07. The van der Waals surface area contributed by atoms with Crippen LogP contribution in [-0.2, 0) is 4.74 Å². The second kappa shape index (κ2) is 6.44. The molecule has 0 bridgehead atoms. The van der Waals surface area contributed by atoms with E-state index in [0.717, 1.165) is 6.61 Å². The van der Waals surface area contributed by atoms with Gasteiger partial charge in [0.1, 0.15) is 0 Å². The molecule has 2 aliphatic heterocycles. The molecule has 0 aromatic heterocycles. The van der Waals surface area contributed by atoms with Crippen LogP contribution < -0.4 is 5.32 Å². The smallest absolute Gasteiger partial charge is 0.0795 e. The predicted octanol–water partition coefficient (Wildman–Crippen LogP) is 3.21. The second-order valence-corrected chi connectivity index (χ2v) is 6.84. The Kier molecular flexibility index (Phi) is 5.19. The summed E-state index contributed by atoms with van der Waals surface area (Å²) in [4.78, 5) is 0. The fraction of sp³-hybridized carbons (Fsp3) is 1.00. The van der Waals surface area contributed by atoms with Crippen LogP contribution in [0.3, 0.4) is 0 Å². The van der Waals surface area contributed by atoms with Crippen LogP contribution in [0.4, 0.5) is 0 Å². The van der Waals surface area contributed by atoms with Crippen molar-refractivity contribution >= 4 is 11.8 Å². The molecule has 0 radical (unpaired) electrons. The van der Waals surface area contributed by atoms with Crippen molar-refractivity contribution in [3.8, 4) is 0 Å². The average Bonchev–Trinajstić information content (AvgIpc) is 2.74. The van der Waals surface area contributed by atoms with Crippen molar-refractivity contribution in [1.82, 2.24) is 5.32 Å². The average molecular weight is 257 g/mol. The molecular formula is C14H27NOS. The lowest BCUT2D eigenvalue weighted by Gasteiger charge is -2.39. The number of hydrogen-bond acceptors (Lipinski definition) is 3. The molecule has 1 N–H and O–H groups in total. The van der Waals surface area contributed by atoms with Gasteiger partial charge in [0.25, 0.3) is 0 Å². The SMILES string of the molecule is CCCCC(C)NC1CCOC2(CCSC2)C1. The lowest BCUT2D eigenvalue weighted by molar-refractivity contribution is -0.0712. The van der Waals surface area contributed by atoms with Crippen LogP contribution in [0, 0.1) is 0 Å². The molecule has 0 amide bonds. The lowest BCUT2D eigenvalue weighted by atomic mass is 9.89. The molecule has 0 saturated carbocycles. The molecule has 2 saturated heterocycles. The molecule has 1 spiro atoms. The highest BCUT2D eigenvalue weighted by atomic mass is 32.2. The maximum atomic E-state index is 6.06. The normalized spacial score (nSPS) is 35.3. The molecular weight excluding hydrogens is 230 g/mol. The van der Waals surface area contributed by atoms with Crippen LogP contribution in [0.15, 0.2) is 0 Å². The number of nitrogens with one attached hydrogen (secondary N) is 1. The maximum absolute atomic E-state index is 6.06. The highest BCUT2D eigenvalue weighted by Crippen LogP contribution is 2.38. The summed E-state index contributed by atoms with van der Waals surface area (Å²) in [5.74, 6) is 2.51. The number of thioether (sulfide) groups is 1. The molecule has 2 heterocycles. The van der Waals surface area contributed by atoms with Crippen LogP contribution in [0.5, 0.6) is 0 Å². The Labute approximate surface area is 110 Å². The summed E-state index contributed by atoms with van der Waals surface area (Å²) in [6.07, 6.45) is 7.66. The van der Waals surface area contributed by atoms with Crippen LogP contribution in [0.1, 0.15) is 52.4 Å². The van der Waals surface area contributed by atoms with Crippen LogP contribution >= 0.6 is 11.8 Å². The van der Waals surface area contributed by atoms with E-state index in [1.807, 2.05) is 0 Å². The van der Waals surface area contributed by atoms with E-state index in [9.17, 15) is 0 Å². The van der Waals surface area contributed by atoms with Gasteiger partial charge in [-0.2, -0.15) is 11.8 Å². The first kappa shape index (κ1) is 13.7. The molecule has 2 rings (SSSR count). The van der Waals surface area contributed by atoms with E-state index < -0.39 is 0 Å². The first-order valence-corrected chi connectivity index (χ1v) is 8.37. The second-order valence-electron chi connectivity index (χ2n) is 5.73. The van der Waals surface area contributed by atoms with Crippen molar-refractivity contribution in [2.75, 3.05) is 18.1 Å². The van der Waals surface area contributed by atoms with E-state index in [0.29, 0.717) is 12.1 Å². The topological polar surface area (TPSA) is 21.3 Å². The third-order valence-corrected chi connectivity index (χ3v) is 5.29. The van der Waals surface area contributed by atoms with Crippen molar-refractivity contribution in [1.29, 1.82) is 0 Å². The standard InChI is InChI=1S/C14H27NOS/c1-3-4-5-12(2)15-13-6-8-16-14(10-13)7-9-17-11-14/h12-13,15H,3-11H2,1-2H3.